The van der Waals surface area contributed by atoms with Crippen LogP contribution in [-0.4, -0.2) is 19.3 Å². The van der Waals surface area contributed by atoms with Gasteiger partial charge in [-0.3, -0.25) is 9.52 Å². The quantitative estimate of drug-likeness (QED) is 0.490. The van der Waals surface area contributed by atoms with Gasteiger partial charge in [-0.15, -0.1) is 0 Å². The van der Waals surface area contributed by atoms with Crippen LogP contribution >= 0.6 is 0 Å². The summed E-state index contributed by atoms with van der Waals surface area (Å²) in [5.41, 5.74) is 0.497. The molecular formula is C21H16FNO4S. The number of aromatic hydroxyl groups is 1. The number of phenolic OH excluding ortho intramolecular Hbond substituents is 1. The van der Waals surface area contributed by atoms with Crippen LogP contribution in [0.15, 0.2) is 89.5 Å². The maximum Gasteiger partial charge on any atom is 0.264 e. The van der Waals surface area contributed by atoms with E-state index in [4.69, 9.17) is 0 Å². The van der Waals surface area contributed by atoms with E-state index in [0.29, 0.717) is 5.56 Å². The first-order valence-electron chi connectivity index (χ1n) is 8.25. The lowest BCUT2D eigenvalue weighted by molar-refractivity contribution is 0.103. The number of allylic oxidation sites excluding steroid dienone is 1. The van der Waals surface area contributed by atoms with Crippen molar-refractivity contribution in [2.75, 3.05) is 0 Å². The lowest BCUT2D eigenvalue weighted by Gasteiger charge is -2.12. The zero-order chi connectivity index (χ0) is 20.1. The number of phenols is 1. The Labute approximate surface area is 161 Å². The smallest absolute Gasteiger partial charge is 0.264 e. The number of sulfonamides is 1. The molecule has 0 spiro atoms. The first-order valence-corrected chi connectivity index (χ1v) is 9.73. The van der Waals surface area contributed by atoms with Crippen molar-refractivity contribution in [1.82, 2.24) is 4.72 Å². The van der Waals surface area contributed by atoms with Crippen LogP contribution in [0.1, 0.15) is 15.9 Å². The van der Waals surface area contributed by atoms with Gasteiger partial charge in [-0.25, -0.2) is 12.8 Å². The number of rotatable bonds is 6. The highest BCUT2D eigenvalue weighted by atomic mass is 32.2. The van der Waals surface area contributed by atoms with Gasteiger partial charge in [0.1, 0.15) is 16.5 Å². The minimum absolute atomic E-state index is 0.0278. The Bertz CT molecular complexity index is 1120. The number of hydrogen-bond donors (Lipinski definition) is 2. The number of benzene rings is 3. The Hall–Kier alpha value is -3.45. The Morgan fingerprint density at radius 3 is 2.14 bits per heavy atom. The highest BCUT2D eigenvalue weighted by Crippen LogP contribution is 2.19. The molecule has 0 unspecified atom stereocenters. The van der Waals surface area contributed by atoms with Crippen LogP contribution in [0.25, 0.3) is 6.08 Å². The van der Waals surface area contributed by atoms with E-state index in [0.717, 1.165) is 12.1 Å². The summed E-state index contributed by atoms with van der Waals surface area (Å²) in [5, 5.41) is 9.40. The van der Waals surface area contributed by atoms with Gasteiger partial charge in [-0.2, -0.15) is 0 Å². The third-order valence-corrected chi connectivity index (χ3v) is 5.25. The maximum absolute atomic E-state index is 14.0. The van der Waals surface area contributed by atoms with Gasteiger partial charge in [0.15, 0.2) is 0 Å². The molecule has 3 rings (SSSR count). The highest BCUT2D eigenvalue weighted by molar-refractivity contribution is 7.89. The summed E-state index contributed by atoms with van der Waals surface area (Å²) in [4.78, 5) is 12.3. The molecule has 0 aliphatic rings. The first kappa shape index (κ1) is 19.3. The van der Waals surface area contributed by atoms with Crippen LogP contribution < -0.4 is 4.72 Å². The Morgan fingerprint density at radius 1 is 0.893 bits per heavy atom. The molecule has 142 valence electrons. The molecule has 2 N–H and O–H groups in total. The largest absolute Gasteiger partial charge is 0.508 e. The monoisotopic (exact) mass is 397 g/mol. The van der Waals surface area contributed by atoms with Crippen molar-refractivity contribution in [1.29, 1.82) is 0 Å². The number of nitrogens with one attached hydrogen (secondary N) is 1. The fraction of sp³-hybridized carbons (Fsp3) is 0. The van der Waals surface area contributed by atoms with E-state index in [-0.39, 0.29) is 17.0 Å². The van der Waals surface area contributed by atoms with Gasteiger partial charge in [0.2, 0.25) is 5.78 Å². The summed E-state index contributed by atoms with van der Waals surface area (Å²) in [5.74, 6) is -1.47. The number of ketones is 1. The van der Waals surface area contributed by atoms with E-state index in [9.17, 15) is 22.7 Å². The molecule has 0 saturated heterocycles. The molecule has 3 aromatic carbocycles. The van der Waals surface area contributed by atoms with Crippen molar-refractivity contribution < 1.29 is 22.7 Å². The average Bonchev–Trinajstić information content (AvgIpc) is 2.69. The lowest BCUT2D eigenvalue weighted by atomic mass is 10.1. The molecule has 0 aromatic heterocycles. The Morgan fingerprint density at radius 2 is 1.50 bits per heavy atom. The minimum atomic E-state index is -4.33. The van der Waals surface area contributed by atoms with Crippen LogP contribution in [0.2, 0.25) is 0 Å². The number of carbonyl (C=O) groups is 1. The second-order valence-electron chi connectivity index (χ2n) is 5.88. The molecule has 0 fully saturated rings. The van der Waals surface area contributed by atoms with Gasteiger partial charge in [-0.1, -0.05) is 54.6 Å². The molecule has 7 heteroatoms. The molecule has 0 atom stereocenters. The second kappa shape index (κ2) is 8.06. The van der Waals surface area contributed by atoms with Gasteiger partial charge in [-0.05, 0) is 35.9 Å². The van der Waals surface area contributed by atoms with Crippen LogP contribution in [0.3, 0.4) is 0 Å². The van der Waals surface area contributed by atoms with E-state index < -0.39 is 26.5 Å². The second-order valence-corrected chi connectivity index (χ2v) is 7.53. The normalized spacial score (nSPS) is 11.8. The maximum atomic E-state index is 14.0. The summed E-state index contributed by atoms with van der Waals surface area (Å²) in [6.07, 6.45) is 1.33. The molecule has 5 nitrogen and oxygen atoms in total. The third kappa shape index (κ3) is 4.44. The molecule has 0 amide bonds. The van der Waals surface area contributed by atoms with Crippen LogP contribution in [0, 0.1) is 5.82 Å². The predicted octanol–water partition coefficient (Wildman–Crippen LogP) is 3.73. The number of halogens is 1. The predicted molar refractivity (Wildman–Crippen MR) is 104 cm³/mol. The fourth-order valence-corrected chi connectivity index (χ4v) is 3.62. The Balaban J connectivity index is 2.05. The van der Waals surface area contributed by atoms with Gasteiger partial charge >= 0.3 is 0 Å². The van der Waals surface area contributed by atoms with E-state index in [1.807, 2.05) is 0 Å². The van der Waals surface area contributed by atoms with Gasteiger partial charge in [0, 0.05) is 5.56 Å². The summed E-state index contributed by atoms with van der Waals surface area (Å²) in [6, 6.07) is 18.9. The van der Waals surface area contributed by atoms with Crippen molar-refractivity contribution in [3.05, 3.63) is 102 Å². The average molecular weight is 397 g/mol. The lowest BCUT2D eigenvalue weighted by Crippen LogP contribution is -2.28. The molecule has 28 heavy (non-hydrogen) atoms. The third-order valence-electron chi connectivity index (χ3n) is 3.86. The van der Waals surface area contributed by atoms with E-state index in [2.05, 4.69) is 4.72 Å². The van der Waals surface area contributed by atoms with Crippen molar-refractivity contribution in [2.45, 2.75) is 4.90 Å². The van der Waals surface area contributed by atoms with Crippen molar-refractivity contribution in [2.24, 2.45) is 0 Å². The summed E-state index contributed by atoms with van der Waals surface area (Å²) in [7, 11) is -4.33. The van der Waals surface area contributed by atoms with Crippen molar-refractivity contribution >= 4 is 21.9 Å². The zero-order valence-electron chi connectivity index (χ0n) is 14.5. The molecular weight excluding hydrogens is 381 g/mol. The highest BCUT2D eigenvalue weighted by Gasteiger charge is 2.23. The first-order chi connectivity index (χ1) is 13.4. The van der Waals surface area contributed by atoms with E-state index in [1.54, 1.807) is 30.3 Å². The Kier molecular flexibility index (Phi) is 5.56. The summed E-state index contributed by atoms with van der Waals surface area (Å²) < 4.78 is 41.5. The minimum Gasteiger partial charge on any atom is -0.508 e. The van der Waals surface area contributed by atoms with E-state index in [1.165, 1.54) is 42.5 Å². The molecule has 0 radical (unpaired) electrons. The van der Waals surface area contributed by atoms with E-state index >= 15 is 0 Å². The summed E-state index contributed by atoms with van der Waals surface area (Å²) in [6.45, 7) is 0. The van der Waals surface area contributed by atoms with Gasteiger partial charge in [0.05, 0.1) is 5.70 Å². The van der Waals surface area contributed by atoms with Crippen molar-refractivity contribution in [3.8, 4) is 5.75 Å². The van der Waals surface area contributed by atoms with Gasteiger partial charge < -0.3 is 5.11 Å². The standard InChI is InChI=1S/C21H16FNO4S/c22-18-8-4-5-9-20(18)28(26,27)23-19(14-15-10-12-17(24)13-11-15)21(25)16-6-2-1-3-7-16/h1-14,23-24H. The number of carbonyl (C=O) groups excluding carboxylic acids is 1. The number of hydrogen-bond acceptors (Lipinski definition) is 4. The van der Waals surface area contributed by atoms with Crippen LogP contribution in [0.4, 0.5) is 4.39 Å². The topological polar surface area (TPSA) is 83.5 Å². The van der Waals surface area contributed by atoms with Crippen LogP contribution in [-0.2, 0) is 10.0 Å². The summed E-state index contributed by atoms with van der Waals surface area (Å²) >= 11 is 0. The fourth-order valence-electron chi connectivity index (χ4n) is 2.49. The van der Waals surface area contributed by atoms with Crippen LogP contribution in [0.5, 0.6) is 5.75 Å². The molecule has 3 aromatic rings. The molecule has 0 heterocycles. The number of Topliss-reactive ketones (excluding diaryl/α,β-unsaturated/α-hetero) is 1. The molecule has 0 bridgehead atoms. The molecule has 0 aliphatic carbocycles. The molecule has 0 aliphatic heterocycles. The van der Waals surface area contributed by atoms with Gasteiger partial charge in [0.25, 0.3) is 10.0 Å². The van der Waals surface area contributed by atoms with Crippen molar-refractivity contribution in [3.63, 3.8) is 0 Å². The zero-order valence-corrected chi connectivity index (χ0v) is 15.4. The molecule has 0 saturated carbocycles. The SMILES string of the molecule is O=C(C(=Cc1ccc(O)cc1)NS(=O)(=O)c1ccccc1F)c1ccccc1.